The summed E-state index contributed by atoms with van der Waals surface area (Å²) in [5.41, 5.74) is 3.07. The predicted molar refractivity (Wildman–Crippen MR) is 136 cm³/mol. The Bertz CT molecular complexity index is 1350. The van der Waals surface area contributed by atoms with E-state index in [1.165, 1.54) is 28.6 Å². The number of hydrogen-bond acceptors (Lipinski definition) is 4. The molecule has 2 aromatic heterocycles. The Morgan fingerprint density at radius 1 is 1.06 bits per heavy atom. The van der Waals surface area contributed by atoms with Crippen LogP contribution in [0.1, 0.15) is 28.8 Å². The number of aromatic nitrogens is 2. The highest BCUT2D eigenvalue weighted by Gasteiger charge is 2.23. The molecule has 1 aliphatic carbocycles. The molecule has 3 nitrogen and oxygen atoms in total. The SMILES string of the molecule is O=c1c2c3c(sc2nc(SCc2ccc(Cl)c(Cl)c2)n1-c1ccc(Br)cc1)CCCC3. The second kappa shape index (κ2) is 8.91. The fourth-order valence-corrected chi connectivity index (χ4v) is 6.72. The molecule has 1 aliphatic rings. The molecule has 0 aliphatic heterocycles. The smallest absolute Gasteiger partial charge is 0.267 e. The number of halogens is 3. The molecule has 5 rings (SSSR count). The third kappa shape index (κ3) is 4.21. The number of hydrogen-bond donors (Lipinski definition) is 0. The van der Waals surface area contributed by atoms with Crippen molar-refractivity contribution in [3.8, 4) is 5.69 Å². The first-order chi connectivity index (χ1) is 15.0. The summed E-state index contributed by atoms with van der Waals surface area (Å²) >= 11 is 18.9. The van der Waals surface area contributed by atoms with Gasteiger partial charge in [0.1, 0.15) is 4.83 Å². The van der Waals surface area contributed by atoms with E-state index in [9.17, 15) is 4.79 Å². The molecule has 31 heavy (non-hydrogen) atoms. The number of thiophene rings is 1. The molecule has 0 saturated heterocycles. The Hall–Kier alpha value is -1.31. The summed E-state index contributed by atoms with van der Waals surface area (Å²) in [6, 6.07) is 13.4. The van der Waals surface area contributed by atoms with Crippen molar-refractivity contribution < 1.29 is 0 Å². The van der Waals surface area contributed by atoms with E-state index in [1.807, 2.05) is 36.4 Å². The van der Waals surface area contributed by atoms with Gasteiger partial charge in [-0.2, -0.15) is 0 Å². The summed E-state index contributed by atoms with van der Waals surface area (Å²) in [5, 5.41) is 2.54. The van der Waals surface area contributed by atoms with Crippen molar-refractivity contribution in [1.82, 2.24) is 9.55 Å². The van der Waals surface area contributed by atoms with Gasteiger partial charge < -0.3 is 0 Å². The van der Waals surface area contributed by atoms with E-state index in [0.29, 0.717) is 21.0 Å². The normalized spacial score (nSPS) is 13.5. The van der Waals surface area contributed by atoms with Crippen LogP contribution < -0.4 is 5.56 Å². The second-order valence-electron chi connectivity index (χ2n) is 7.44. The minimum absolute atomic E-state index is 0.0170. The maximum atomic E-state index is 13.7. The molecule has 2 heterocycles. The zero-order valence-electron chi connectivity index (χ0n) is 16.3. The second-order valence-corrected chi connectivity index (χ2v) is 11.2. The van der Waals surface area contributed by atoms with E-state index >= 15 is 0 Å². The lowest BCUT2D eigenvalue weighted by molar-refractivity contribution is 0.699. The minimum Gasteiger partial charge on any atom is -0.268 e. The molecule has 0 bridgehead atoms. The van der Waals surface area contributed by atoms with Gasteiger partial charge in [0.15, 0.2) is 5.16 Å². The number of thioether (sulfide) groups is 1. The van der Waals surface area contributed by atoms with E-state index in [-0.39, 0.29) is 5.56 Å². The standard InChI is InChI=1S/C23H17BrCl2N2OS2/c24-14-6-8-15(9-7-14)28-22(29)20-16-3-1-2-4-19(16)31-21(20)27-23(28)30-12-13-5-10-17(25)18(26)11-13/h5-11H,1-4,12H2. The van der Waals surface area contributed by atoms with Gasteiger partial charge in [-0.15, -0.1) is 11.3 Å². The van der Waals surface area contributed by atoms with Gasteiger partial charge in [-0.1, -0.05) is 57.0 Å². The van der Waals surface area contributed by atoms with E-state index in [1.54, 1.807) is 22.0 Å². The summed E-state index contributed by atoms with van der Waals surface area (Å²) in [7, 11) is 0. The predicted octanol–water partition coefficient (Wildman–Crippen LogP) is 7.69. The Morgan fingerprint density at radius 2 is 1.84 bits per heavy atom. The fraction of sp³-hybridized carbons (Fsp3) is 0.217. The Labute approximate surface area is 206 Å². The molecule has 0 N–H and O–H groups in total. The summed E-state index contributed by atoms with van der Waals surface area (Å²) in [6.07, 6.45) is 4.31. The van der Waals surface area contributed by atoms with Crippen LogP contribution in [0.3, 0.4) is 0 Å². The monoisotopic (exact) mass is 550 g/mol. The van der Waals surface area contributed by atoms with Gasteiger partial charge in [-0.05, 0) is 73.2 Å². The molecule has 0 atom stereocenters. The maximum absolute atomic E-state index is 13.7. The largest absolute Gasteiger partial charge is 0.268 e. The average molecular weight is 552 g/mol. The van der Waals surface area contributed by atoms with Crippen LogP contribution in [0.4, 0.5) is 0 Å². The lowest BCUT2D eigenvalue weighted by Gasteiger charge is -2.14. The Morgan fingerprint density at radius 3 is 2.61 bits per heavy atom. The molecule has 2 aromatic carbocycles. The van der Waals surface area contributed by atoms with Crippen LogP contribution in [-0.2, 0) is 18.6 Å². The molecular formula is C23H17BrCl2N2OS2. The molecule has 0 spiro atoms. The zero-order valence-corrected chi connectivity index (χ0v) is 21.1. The first kappa shape index (κ1) is 21.5. The molecule has 0 saturated carbocycles. The highest BCUT2D eigenvalue weighted by atomic mass is 79.9. The zero-order chi connectivity index (χ0) is 21.5. The molecule has 158 valence electrons. The van der Waals surface area contributed by atoms with Crippen molar-refractivity contribution in [2.45, 2.75) is 36.6 Å². The Kier molecular flexibility index (Phi) is 6.19. The molecule has 0 unspecified atom stereocenters. The highest BCUT2D eigenvalue weighted by Crippen LogP contribution is 2.36. The average Bonchev–Trinajstić information content (AvgIpc) is 3.14. The maximum Gasteiger partial charge on any atom is 0.267 e. The molecule has 0 fully saturated rings. The minimum atomic E-state index is 0.0170. The van der Waals surface area contributed by atoms with E-state index in [4.69, 9.17) is 28.2 Å². The van der Waals surface area contributed by atoms with Crippen LogP contribution in [0, 0.1) is 0 Å². The summed E-state index contributed by atoms with van der Waals surface area (Å²) in [5.74, 6) is 0.635. The number of nitrogens with zero attached hydrogens (tertiary/aromatic N) is 2. The van der Waals surface area contributed by atoms with Crippen molar-refractivity contribution in [3.63, 3.8) is 0 Å². The van der Waals surface area contributed by atoms with Gasteiger partial charge in [0.2, 0.25) is 0 Å². The van der Waals surface area contributed by atoms with Crippen molar-refractivity contribution in [3.05, 3.63) is 83.3 Å². The number of fused-ring (bicyclic) bond motifs is 3. The van der Waals surface area contributed by atoms with Crippen LogP contribution in [0.15, 0.2) is 56.9 Å². The van der Waals surface area contributed by atoms with Crippen molar-refractivity contribution in [2.75, 3.05) is 0 Å². The Balaban J connectivity index is 1.64. The number of rotatable bonds is 4. The van der Waals surface area contributed by atoms with Crippen LogP contribution >= 0.6 is 62.2 Å². The fourth-order valence-electron chi connectivity index (χ4n) is 3.88. The number of benzene rings is 2. The summed E-state index contributed by atoms with van der Waals surface area (Å²) < 4.78 is 2.72. The first-order valence-corrected chi connectivity index (χ1v) is 13.3. The van der Waals surface area contributed by atoms with Crippen LogP contribution in [0.5, 0.6) is 0 Å². The van der Waals surface area contributed by atoms with Gasteiger partial charge in [-0.3, -0.25) is 9.36 Å². The third-order valence-corrected chi connectivity index (χ3v) is 8.86. The topological polar surface area (TPSA) is 34.9 Å². The molecule has 4 aromatic rings. The van der Waals surface area contributed by atoms with Gasteiger partial charge in [0, 0.05) is 15.1 Å². The van der Waals surface area contributed by atoms with Crippen molar-refractivity contribution in [2.24, 2.45) is 0 Å². The number of aryl methyl sites for hydroxylation is 2. The third-order valence-electron chi connectivity index (χ3n) is 5.39. The molecular weight excluding hydrogens is 535 g/mol. The molecule has 0 radical (unpaired) electrons. The van der Waals surface area contributed by atoms with Gasteiger partial charge in [-0.25, -0.2) is 4.98 Å². The summed E-state index contributed by atoms with van der Waals surface area (Å²) in [4.78, 5) is 20.9. The first-order valence-electron chi connectivity index (χ1n) is 9.91. The quantitative estimate of drug-likeness (QED) is 0.192. The van der Waals surface area contributed by atoms with Crippen LogP contribution in [-0.4, -0.2) is 9.55 Å². The van der Waals surface area contributed by atoms with E-state index in [2.05, 4.69) is 15.9 Å². The summed E-state index contributed by atoms with van der Waals surface area (Å²) in [6.45, 7) is 0. The highest BCUT2D eigenvalue weighted by molar-refractivity contribution is 9.10. The van der Waals surface area contributed by atoms with Crippen molar-refractivity contribution in [1.29, 1.82) is 0 Å². The van der Waals surface area contributed by atoms with Crippen LogP contribution in [0.25, 0.3) is 15.9 Å². The van der Waals surface area contributed by atoms with E-state index in [0.717, 1.165) is 45.2 Å². The van der Waals surface area contributed by atoms with Gasteiger partial charge >= 0.3 is 0 Å². The van der Waals surface area contributed by atoms with Gasteiger partial charge in [0.25, 0.3) is 5.56 Å². The lowest BCUT2D eigenvalue weighted by Crippen LogP contribution is -2.22. The lowest BCUT2D eigenvalue weighted by atomic mass is 9.97. The molecule has 0 amide bonds. The van der Waals surface area contributed by atoms with E-state index < -0.39 is 0 Å². The van der Waals surface area contributed by atoms with Crippen LogP contribution in [0.2, 0.25) is 10.0 Å². The van der Waals surface area contributed by atoms with Crippen molar-refractivity contribution >= 4 is 72.4 Å². The molecule has 8 heteroatoms. The van der Waals surface area contributed by atoms with Gasteiger partial charge in [0.05, 0.1) is 21.1 Å².